The van der Waals surface area contributed by atoms with E-state index >= 15 is 0 Å². The molecule has 0 aromatic heterocycles. The maximum atomic E-state index is 13.2. The second-order valence-electron chi connectivity index (χ2n) is 19.0. The molecular weight excluding hydrogens is 695 g/mol. The Labute approximate surface area is 349 Å². The van der Waals surface area contributed by atoms with Gasteiger partial charge in [-0.15, -0.1) is 0 Å². The summed E-state index contributed by atoms with van der Waals surface area (Å²) in [5.41, 5.74) is 0.234. The Morgan fingerprint density at radius 3 is 1.57 bits per heavy atom. The fraction of sp³-hybridized carbons (Fsp3) is 0.960. The lowest BCUT2D eigenvalue weighted by Gasteiger charge is -2.25. The van der Waals surface area contributed by atoms with Crippen molar-refractivity contribution in [2.45, 2.75) is 265 Å². The first-order chi connectivity index (χ1) is 27.2. The van der Waals surface area contributed by atoms with Gasteiger partial charge in [-0.2, -0.15) is 0 Å². The lowest BCUT2D eigenvalue weighted by atomic mass is 9.88. The molecule has 0 atom stereocenters. The Kier molecular flexibility index (Phi) is 33.8. The van der Waals surface area contributed by atoms with Gasteiger partial charge in [0.15, 0.2) is 0 Å². The Balaban J connectivity index is 2.34. The van der Waals surface area contributed by atoms with E-state index in [1.54, 1.807) is 0 Å². The van der Waals surface area contributed by atoms with Crippen molar-refractivity contribution in [3.05, 3.63) is 0 Å². The van der Waals surface area contributed by atoms with Crippen LogP contribution in [0.3, 0.4) is 0 Å². The molecule has 0 aliphatic heterocycles. The molecule has 0 bridgehead atoms. The summed E-state index contributed by atoms with van der Waals surface area (Å²) in [5, 5.41) is 9.37. The van der Waals surface area contributed by atoms with Crippen LogP contribution in [0.5, 0.6) is 0 Å². The van der Waals surface area contributed by atoms with Gasteiger partial charge in [0.2, 0.25) is 0 Å². The van der Waals surface area contributed by atoms with Crippen LogP contribution in [0, 0.1) is 10.8 Å². The Morgan fingerprint density at radius 1 is 0.589 bits per heavy atom. The number of carbonyl (C=O) groups is 2. The van der Waals surface area contributed by atoms with E-state index in [-0.39, 0.29) is 35.5 Å². The predicted octanol–water partition coefficient (Wildman–Crippen LogP) is 14.5. The molecule has 56 heavy (non-hydrogen) atoms. The molecule has 0 spiro atoms. The fourth-order valence-electron chi connectivity index (χ4n) is 8.35. The van der Waals surface area contributed by atoms with Crippen molar-refractivity contribution < 1.29 is 24.2 Å². The zero-order chi connectivity index (χ0) is 41.0. The van der Waals surface area contributed by atoms with Gasteiger partial charge in [0, 0.05) is 13.0 Å². The first kappa shape index (κ1) is 52.9. The third kappa shape index (κ3) is 31.8. The predicted molar refractivity (Wildman–Crippen MR) is 239 cm³/mol. The van der Waals surface area contributed by atoms with Gasteiger partial charge in [0.05, 0.1) is 13.0 Å². The highest BCUT2D eigenvalue weighted by molar-refractivity contribution is 5.71. The fourth-order valence-corrected chi connectivity index (χ4v) is 8.35. The highest BCUT2D eigenvalue weighted by Gasteiger charge is 2.44. The number of unbranched alkanes of at least 4 members (excludes halogenated alkanes) is 21. The monoisotopic (exact) mass is 792 g/mol. The molecule has 1 rings (SSSR count). The summed E-state index contributed by atoms with van der Waals surface area (Å²) in [6.45, 7) is 15.4. The van der Waals surface area contributed by atoms with Gasteiger partial charge < -0.3 is 19.5 Å². The third-order valence-corrected chi connectivity index (χ3v) is 12.5. The van der Waals surface area contributed by atoms with Crippen LogP contribution in [0.4, 0.5) is 0 Å². The third-order valence-electron chi connectivity index (χ3n) is 12.5. The minimum absolute atomic E-state index is 0.0229. The Bertz CT molecular complexity index is 886. The van der Waals surface area contributed by atoms with Crippen LogP contribution in [0.15, 0.2) is 0 Å². The zero-order valence-corrected chi connectivity index (χ0v) is 38.4. The minimum atomic E-state index is -0.0266. The molecule has 0 aromatic rings. The molecule has 0 aromatic carbocycles. The van der Waals surface area contributed by atoms with Crippen LogP contribution >= 0.6 is 0 Å². The average Bonchev–Trinajstić information content (AvgIpc) is 3.94. The number of nitrogens with zero attached hydrogens (tertiary/aromatic N) is 1. The first-order valence-corrected chi connectivity index (χ1v) is 24.9. The molecule has 6 nitrogen and oxygen atoms in total. The van der Waals surface area contributed by atoms with E-state index in [1.165, 1.54) is 154 Å². The van der Waals surface area contributed by atoms with Crippen LogP contribution in [0.25, 0.3) is 0 Å². The highest BCUT2D eigenvalue weighted by Crippen LogP contribution is 2.53. The summed E-state index contributed by atoms with van der Waals surface area (Å²) in [7, 11) is 0. The van der Waals surface area contributed by atoms with Crippen molar-refractivity contribution in [2.24, 2.45) is 10.8 Å². The zero-order valence-electron chi connectivity index (χ0n) is 38.4. The summed E-state index contributed by atoms with van der Waals surface area (Å²) in [6.07, 6.45) is 41.1. The van der Waals surface area contributed by atoms with E-state index in [0.717, 1.165) is 77.4 Å². The molecule has 1 aliphatic rings. The van der Waals surface area contributed by atoms with Gasteiger partial charge in [0.25, 0.3) is 0 Å². The number of hydrogen-bond acceptors (Lipinski definition) is 6. The topological polar surface area (TPSA) is 76.1 Å². The summed E-state index contributed by atoms with van der Waals surface area (Å²) >= 11 is 0. The lowest BCUT2D eigenvalue weighted by Crippen LogP contribution is -2.27. The summed E-state index contributed by atoms with van der Waals surface area (Å²) in [5.74, 6) is 0.0454. The van der Waals surface area contributed by atoms with Crippen molar-refractivity contribution in [2.75, 3.05) is 32.8 Å². The summed E-state index contributed by atoms with van der Waals surface area (Å²) in [6, 6.07) is 0. The second kappa shape index (κ2) is 35.8. The molecule has 0 radical (unpaired) electrons. The molecule has 0 saturated heterocycles. The van der Waals surface area contributed by atoms with Crippen LogP contribution in [0.1, 0.15) is 259 Å². The number of aliphatic hydroxyl groups is 1. The van der Waals surface area contributed by atoms with E-state index in [2.05, 4.69) is 39.5 Å². The van der Waals surface area contributed by atoms with Crippen LogP contribution < -0.4 is 0 Å². The maximum absolute atomic E-state index is 13.2. The van der Waals surface area contributed by atoms with Gasteiger partial charge >= 0.3 is 11.9 Å². The van der Waals surface area contributed by atoms with Crippen LogP contribution in [-0.2, 0) is 19.1 Å². The largest absolute Gasteiger partial charge is 0.465 e. The SMILES string of the molecule is CCCCCCCCCC(=O)OCC(C)(C)CCCCCN(CCCCO)CCCCCC1(CC(=O)OC(CCCCCCCC)CCCCCCCC)CC1. The van der Waals surface area contributed by atoms with Crippen LogP contribution in [0.2, 0.25) is 0 Å². The molecule has 0 heterocycles. The summed E-state index contributed by atoms with van der Waals surface area (Å²) < 4.78 is 11.9. The average molecular weight is 792 g/mol. The van der Waals surface area contributed by atoms with Crippen molar-refractivity contribution >= 4 is 11.9 Å². The quantitative estimate of drug-likeness (QED) is 0.0490. The van der Waals surface area contributed by atoms with E-state index in [9.17, 15) is 14.7 Å². The Hall–Kier alpha value is -1.14. The van der Waals surface area contributed by atoms with E-state index in [4.69, 9.17) is 9.47 Å². The summed E-state index contributed by atoms with van der Waals surface area (Å²) in [4.78, 5) is 28.1. The molecule has 1 N–H and O–H groups in total. The van der Waals surface area contributed by atoms with Crippen molar-refractivity contribution in [3.63, 3.8) is 0 Å². The number of esters is 2. The Morgan fingerprint density at radius 2 is 1.05 bits per heavy atom. The van der Waals surface area contributed by atoms with Gasteiger partial charge in [-0.05, 0) is 114 Å². The molecule has 1 fully saturated rings. The van der Waals surface area contributed by atoms with Crippen molar-refractivity contribution in [3.8, 4) is 0 Å². The first-order valence-electron chi connectivity index (χ1n) is 24.9. The number of ether oxygens (including phenoxy) is 2. The molecule has 1 aliphatic carbocycles. The molecule has 0 unspecified atom stereocenters. The molecule has 1 saturated carbocycles. The molecular formula is C50H97NO5. The van der Waals surface area contributed by atoms with Gasteiger partial charge in [-0.1, -0.05) is 163 Å². The van der Waals surface area contributed by atoms with E-state index < -0.39 is 0 Å². The molecule has 332 valence electrons. The number of hydrogen-bond donors (Lipinski definition) is 1. The number of aliphatic hydroxyl groups excluding tert-OH is 1. The van der Waals surface area contributed by atoms with E-state index in [1.807, 2.05) is 0 Å². The van der Waals surface area contributed by atoms with Crippen LogP contribution in [-0.4, -0.2) is 60.9 Å². The van der Waals surface area contributed by atoms with Gasteiger partial charge in [-0.3, -0.25) is 9.59 Å². The maximum Gasteiger partial charge on any atom is 0.306 e. The van der Waals surface area contributed by atoms with Gasteiger partial charge in [-0.25, -0.2) is 0 Å². The smallest absolute Gasteiger partial charge is 0.306 e. The number of carbonyl (C=O) groups excluding carboxylic acids is 2. The molecule has 6 heteroatoms. The normalized spacial score (nSPS) is 13.9. The number of rotatable bonds is 43. The van der Waals surface area contributed by atoms with Crippen molar-refractivity contribution in [1.82, 2.24) is 4.90 Å². The standard InChI is InChI=1S/C50H97NO5/c1-6-9-12-15-18-21-26-35-47(53)55-45-49(4,5)36-27-22-29-40-51(42-31-32-43-52)41-30-23-28-37-50(38-39-50)44-48(54)56-46(33-24-19-16-13-10-7-2)34-25-20-17-14-11-8-3/h46,52H,6-45H2,1-5H3. The second-order valence-corrected chi connectivity index (χ2v) is 19.0. The van der Waals surface area contributed by atoms with Gasteiger partial charge in [0.1, 0.15) is 6.10 Å². The minimum Gasteiger partial charge on any atom is -0.465 e. The highest BCUT2D eigenvalue weighted by atomic mass is 16.5. The molecule has 0 amide bonds. The van der Waals surface area contributed by atoms with E-state index in [0.29, 0.717) is 19.4 Å². The lowest BCUT2D eigenvalue weighted by molar-refractivity contribution is -0.151. The van der Waals surface area contributed by atoms with Crippen molar-refractivity contribution in [1.29, 1.82) is 0 Å².